The number of carbonyl (C=O) groups excluding carboxylic acids is 1. The van der Waals surface area contributed by atoms with Crippen LogP contribution in [0, 0.1) is 0 Å². The van der Waals surface area contributed by atoms with Gasteiger partial charge >= 0.3 is 0 Å². The minimum Gasteiger partial charge on any atom is -0.497 e. The molecule has 0 unspecified atom stereocenters. The number of primary amides is 1. The first-order valence-corrected chi connectivity index (χ1v) is 6.36. The Kier molecular flexibility index (Phi) is 3.91. The summed E-state index contributed by atoms with van der Waals surface area (Å²) in [6.07, 6.45) is 0. The molecular formula is C11H13N5O2S. The lowest BCUT2D eigenvalue weighted by atomic mass is 10.2. The standard InChI is InChI=1S/C11H13N5O2S/c1-18-8-4-2-3-7(5-8)10-14-15-11(16(10)13)19-6-9(12)17/h2-5H,6,13H2,1H3,(H2,12,17). The van der Waals surface area contributed by atoms with E-state index in [2.05, 4.69) is 10.2 Å². The molecule has 4 N–H and O–H groups in total. The molecule has 1 heterocycles. The van der Waals surface area contributed by atoms with Crippen molar-refractivity contribution in [2.24, 2.45) is 5.73 Å². The summed E-state index contributed by atoms with van der Waals surface area (Å²) in [5, 5.41) is 8.35. The van der Waals surface area contributed by atoms with Crippen LogP contribution in [-0.2, 0) is 4.79 Å². The monoisotopic (exact) mass is 279 g/mol. The third kappa shape index (κ3) is 2.97. The van der Waals surface area contributed by atoms with Crippen molar-refractivity contribution in [2.75, 3.05) is 18.7 Å². The first-order valence-electron chi connectivity index (χ1n) is 5.38. The van der Waals surface area contributed by atoms with Gasteiger partial charge in [0, 0.05) is 5.56 Å². The topological polar surface area (TPSA) is 109 Å². The summed E-state index contributed by atoms with van der Waals surface area (Å²) in [6, 6.07) is 7.30. The predicted octanol–water partition coefficient (Wildman–Crippen LogP) is 0.245. The lowest BCUT2D eigenvalue weighted by molar-refractivity contribution is -0.115. The van der Waals surface area contributed by atoms with Gasteiger partial charge in [0.2, 0.25) is 11.1 Å². The van der Waals surface area contributed by atoms with Gasteiger partial charge in [-0.25, -0.2) is 4.68 Å². The number of nitrogens with zero attached hydrogens (tertiary/aromatic N) is 3. The molecule has 0 radical (unpaired) electrons. The highest BCUT2D eigenvalue weighted by molar-refractivity contribution is 7.99. The van der Waals surface area contributed by atoms with Crippen LogP contribution in [0.15, 0.2) is 29.4 Å². The first-order chi connectivity index (χ1) is 9.11. The number of carbonyl (C=O) groups is 1. The molecule has 19 heavy (non-hydrogen) atoms. The fourth-order valence-electron chi connectivity index (χ4n) is 1.47. The molecule has 0 aliphatic rings. The normalized spacial score (nSPS) is 10.4. The minimum atomic E-state index is -0.434. The molecule has 0 saturated heterocycles. The molecule has 0 atom stereocenters. The second kappa shape index (κ2) is 5.61. The average Bonchev–Trinajstić information content (AvgIpc) is 2.78. The fourth-order valence-corrected chi connectivity index (χ4v) is 2.07. The van der Waals surface area contributed by atoms with Crippen LogP contribution >= 0.6 is 11.8 Å². The third-order valence-electron chi connectivity index (χ3n) is 2.34. The van der Waals surface area contributed by atoms with Gasteiger partial charge in [0.25, 0.3) is 0 Å². The van der Waals surface area contributed by atoms with Crippen LogP contribution in [0.2, 0.25) is 0 Å². The predicted molar refractivity (Wildman–Crippen MR) is 72.1 cm³/mol. The number of ether oxygens (including phenoxy) is 1. The fraction of sp³-hybridized carbons (Fsp3) is 0.182. The summed E-state index contributed by atoms with van der Waals surface area (Å²) in [6.45, 7) is 0. The van der Waals surface area contributed by atoms with Gasteiger partial charge in [-0.1, -0.05) is 23.9 Å². The molecule has 1 aromatic carbocycles. The number of amides is 1. The zero-order valence-corrected chi connectivity index (χ0v) is 11.1. The summed E-state index contributed by atoms with van der Waals surface area (Å²) in [5.74, 6) is 6.75. The molecule has 0 fully saturated rings. The maximum absolute atomic E-state index is 10.7. The molecule has 7 nitrogen and oxygen atoms in total. The molecule has 0 spiro atoms. The van der Waals surface area contributed by atoms with Crippen molar-refractivity contribution < 1.29 is 9.53 Å². The molecule has 2 rings (SSSR count). The van der Waals surface area contributed by atoms with E-state index in [0.29, 0.717) is 16.7 Å². The molecular weight excluding hydrogens is 266 g/mol. The Labute approximate surface area is 113 Å². The van der Waals surface area contributed by atoms with E-state index in [9.17, 15) is 4.79 Å². The number of hydrogen-bond donors (Lipinski definition) is 2. The van der Waals surface area contributed by atoms with Crippen LogP contribution < -0.4 is 16.3 Å². The summed E-state index contributed by atoms with van der Waals surface area (Å²) < 4.78 is 6.46. The number of methoxy groups -OCH3 is 1. The molecule has 0 bridgehead atoms. The summed E-state index contributed by atoms with van der Waals surface area (Å²) in [5.41, 5.74) is 5.85. The number of hydrogen-bond acceptors (Lipinski definition) is 6. The number of rotatable bonds is 5. The van der Waals surface area contributed by atoms with E-state index in [1.807, 2.05) is 18.2 Å². The second-order valence-electron chi connectivity index (χ2n) is 3.66. The Balaban J connectivity index is 2.27. The zero-order chi connectivity index (χ0) is 13.8. The summed E-state index contributed by atoms with van der Waals surface area (Å²) in [4.78, 5) is 10.7. The third-order valence-corrected chi connectivity index (χ3v) is 3.30. The quantitative estimate of drug-likeness (QED) is 0.599. The molecule has 8 heteroatoms. The van der Waals surface area contributed by atoms with Gasteiger partial charge in [-0.2, -0.15) is 0 Å². The van der Waals surface area contributed by atoms with E-state index >= 15 is 0 Å². The van der Waals surface area contributed by atoms with Crippen LogP contribution in [0.25, 0.3) is 11.4 Å². The molecule has 2 aromatic rings. The van der Waals surface area contributed by atoms with E-state index in [0.717, 1.165) is 17.3 Å². The second-order valence-corrected chi connectivity index (χ2v) is 4.61. The summed E-state index contributed by atoms with van der Waals surface area (Å²) in [7, 11) is 1.58. The zero-order valence-electron chi connectivity index (χ0n) is 10.2. The molecule has 0 saturated carbocycles. The summed E-state index contributed by atoms with van der Waals surface area (Å²) >= 11 is 1.14. The van der Waals surface area contributed by atoms with Crippen molar-refractivity contribution in [3.63, 3.8) is 0 Å². The van der Waals surface area contributed by atoms with Crippen LogP contribution in [0.3, 0.4) is 0 Å². The van der Waals surface area contributed by atoms with Gasteiger partial charge in [-0.05, 0) is 12.1 Å². The Hall–Kier alpha value is -2.22. The van der Waals surface area contributed by atoms with Gasteiger partial charge in [0.05, 0.1) is 12.9 Å². The lowest BCUT2D eigenvalue weighted by Crippen LogP contribution is -2.16. The van der Waals surface area contributed by atoms with Crippen molar-refractivity contribution in [3.05, 3.63) is 24.3 Å². The van der Waals surface area contributed by atoms with Crippen molar-refractivity contribution in [3.8, 4) is 17.1 Å². The van der Waals surface area contributed by atoms with Gasteiger partial charge in [-0.3, -0.25) is 4.79 Å². The Morgan fingerprint density at radius 3 is 2.95 bits per heavy atom. The SMILES string of the molecule is COc1cccc(-c2nnc(SCC(N)=O)n2N)c1. The molecule has 0 aliphatic heterocycles. The van der Waals surface area contributed by atoms with E-state index in [1.54, 1.807) is 13.2 Å². The molecule has 100 valence electrons. The van der Waals surface area contributed by atoms with Crippen LogP contribution in [0.4, 0.5) is 0 Å². The molecule has 1 aromatic heterocycles. The molecule has 0 aliphatic carbocycles. The average molecular weight is 279 g/mol. The lowest BCUT2D eigenvalue weighted by Gasteiger charge is -2.04. The Morgan fingerprint density at radius 2 is 2.26 bits per heavy atom. The smallest absolute Gasteiger partial charge is 0.227 e. The number of aromatic nitrogens is 3. The number of nitrogens with two attached hydrogens (primary N) is 2. The highest BCUT2D eigenvalue weighted by atomic mass is 32.2. The van der Waals surface area contributed by atoms with Crippen LogP contribution in [0.1, 0.15) is 0 Å². The van der Waals surface area contributed by atoms with Gasteiger partial charge in [0.1, 0.15) is 5.75 Å². The number of thioether (sulfide) groups is 1. The van der Waals surface area contributed by atoms with Crippen LogP contribution in [-0.4, -0.2) is 33.6 Å². The van der Waals surface area contributed by atoms with E-state index in [1.165, 1.54) is 4.68 Å². The Morgan fingerprint density at radius 1 is 1.47 bits per heavy atom. The van der Waals surface area contributed by atoms with Gasteiger partial charge in [-0.15, -0.1) is 10.2 Å². The van der Waals surface area contributed by atoms with Crippen LogP contribution in [0.5, 0.6) is 5.75 Å². The number of nitrogen functional groups attached to an aromatic ring is 1. The highest BCUT2D eigenvalue weighted by Gasteiger charge is 2.13. The molecule has 1 amide bonds. The van der Waals surface area contributed by atoms with E-state index in [-0.39, 0.29) is 5.75 Å². The van der Waals surface area contributed by atoms with Crippen molar-refractivity contribution in [1.82, 2.24) is 14.9 Å². The largest absolute Gasteiger partial charge is 0.497 e. The minimum absolute atomic E-state index is 0.105. The van der Waals surface area contributed by atoms with Crippen molar-refractivity contribution in [1.29, 1.82) is 0 Å². The van der Waals surface area contributed by atoms with Gasteiger partial charge < -0.3 is 16.3 Å². The number of benzene rings is 1. The van der Waals surface area contributed by atoms with E-state index in [4.69, 9.17) is 16.3 Å². The maximum Gasteiger partial charge on any atom is 0.227 e. The van der Waals surface area contributed by atoms with Crippen molar-refractivity contribution in [2.45, 2.75) is 5.16 Å². The van der Waals surface area contributed by atoms with Crippen molar-refractivity contribution >= 4 is 17.7 Å². The highest BCUT2D eigenvalue weighted by Crippen LogP contribution is 2.24. The Bertz CT molecular complexity index is 599. The van der Waals surface area contributed by atoms with E-state index < -0.39 is 5.91 Å². The maximum atomic E-state index is 10.7. The van der Waals surface area contributed by atoms with Gasteiger partial charge in [0.15, 0.2) is 5.82 Å². The first kappa shape index (κ1) is 13.2.